The van der Waals surface area contributed by atoms with Gasteiger partial charge >= 0.3 is 0 Å². The summed E-state index contributed by atoms with van der Waals surface area (Å²) in [6, 6.07) is 16.1. The Morgan fingerprint density at radius 2 is 1.89 bits per heavy atom. The highest BCUT2D eigenvalue weighted by atomic mass is 32.2. The van der Waals surface area contributed by atoms with Crippen LogP contribution in [0.25, 0.3) is 23.0 Å². The van der Waals surface area contributed by atoms with Crippen molar-refractivity contribution in [1.82, 2.24) is 14.7 Å². The van der Waals surface area contributed by atoms with Gasteiger partial charge in [0.1, 0.15) is 11.4 Å². The fourth-order valence-corrected chi connectivity index (χ4v) is 5.65. The first-order valence-electron chi connectivity index (χ1n) is 13.2. The lowest BCUT2D eigenvalue weighted by atomic mass is 10.0. The molecule has 38 heavy (non-hydrogen) atoms. The first-order chi connectivity index (χ1) is 18.4. The number of rotatable bonds is 7. The van der Waals surface area contributed by atoms with Crippen LogP contribution < -0.4 is 4.74 Å². The van der Waals surface area contributed by atoms with Crippen LogP contribution in [0.5, 0.6) is 5.75 Å². The second-order valence-corrected chi connectivity index (χ2v) is 10.9. The molecule has 1 fully saturated rings. The van der Waals surface area contributed by atoms with Crippen LogP contribution >= 0.6 is 11.8 Å². The highest BCUT2D eigenvalue weighted by molar-refractivity contribution is 8.18. The predicted molar refractivity (Wildman–Crippen MR) is 154 cm³/mol. The molecule has 0 radical (unpaired) electrons. The van der Waals surface area contributed by atoms with E-state index >= 15 is 0 Å². The third kappa shape index (κ3) is 5.87. The van der Waals surface area contributed by atoms with Gasteiger partial charge in [0.05, 0.1) is 29.4 Å². The van der Waals surface area contributed by atoms with E-state index in [9.17, 15) is 4.79 Å². The van der Waals surface area contributed by atoms with Crippen molar-refractivity contribution in [2.75, 3.05) is 19.7 Å². The maximum Gasteiger partial charge on any atom is 0.286 e. The molecule has 1 saturated heterocycles. The lowest BCUT2D eigenvalue weighted by Gasteiger charge is -2.35. The summed E-state index contributed by atoms with van der Waals surface area (Å²) in [6.07, 6.45) is 6.20. The van der Waals surface area contributed by atoms with Gasteiger partial charge in [-0.1, -0.05) is 31.5 Å². The number of thioether (sulfide) groups is 1. The zero-order valence-electron chi connectivity index (χ0n) is 22.4. The van der Waals surface area contributed by atoms with Gasteiger partial charge in [-0.05, 0) is 80.9 Å². The first kappa shape index (κ1) is 26.3. The van der Waals surface area contributed by atoms with Crippen molar-refractivity contribution in [1.29, 1.82) is 0 Å². The molecule has 2 aromatic carbocycles. The summed E-state index contributed by atoms with van der Waals surface area (Å²) in [5.74, 6) is 0.671. The molecule has 0 aliphatic carbocycles. The fraction of sp³-hybridized carbons (Fsp3) is 0.367. The molecule has 5 rings (SSSR count). The number of amides is 1. The van der Waals surface area contributed by atoms with E-state index in [4.69, 9.17) is 14.6 Å². The lowest BCUT2D eigenvalue weighted by Crippen LogP contribution is -2.47. The number of benzene rings is 2. The summed E-state index contributed by atoms with van der Waals surface area (Å²) in [6.45, 7) is 10.5. The number of nitrogens with zero attached hydrogens (tertiary/aromatic N) is 4. The number of hydrogen-bond acceptors (Lipinski definition) is 6. The molecule has 7 nitrogen and oxygen atoms in total. The minimum Gasteiger partial charge on any atom is -0.493 e. The van der Waals surface area contributed by atoms with Gasteiger partial charge < -0.3 is 14.4 Å². The fourth-order valence-electron chi connectivity index (χ4n) is 4.72. The van der Waals surface area contributed by atoms with Crippen molar-refractivity contribution >= 4 is 28.9 Å². The minimum absolute atomic E-state index is 0.0954. The predicted octanol–water partition coefficient (Wildman–Crippen LogP) is 6.11. The van der Waals surface area contributed by atoms with Crippen LogP contribution in [0, 0.1) is 6.92 Å². The second-order valence-electron chi connectivity index (χ2n) is 9.87. The Morgan fingerprint density at radius 1 is 1.13 bits per heavy atom. The lowest BCUT2D eigenvalue weighted by molar-refractivity contribution is -0.113. The van der Waals surface area contributed by atoms with E-state index in [2.05, 4.69) is 29.8 Å². The Balaban J connectivity index is 1.47. The van der Waals surface area contributed by atoms with Crippen LogP contribution in [0.3, 0.4) is 0 Å². The number of ether oxygens (including phenoxy) is 2. The van der Waals surface area contributed by atoms with E-state index in [0.29, 0.717) is 11.5 Å². The van der Waals surface area contributed by atoms with Crippen LogP contribution in [-0.4, -0.2) is 57.7 Å². The highest BCUT2D eigenvalue weighted by Gasteiger charge is 2.31. The minimum atomic E-state index is -0.217. The molecule has 1 aromatic heterocycles. The van der Waals surface area contributed by atoms with Crippen LogP contribution in [0.1, 0.15) is 44.7 Å². The van der Waals surface area contributed by atoms with E-state index in [1.165, 1.54) is 11.8 Å². The monoisotopic (exact) mass is 530 g/mol. The zero-order valence-corrected chi connectivity index (χ0v) is 23.2. The van der Waals surface area contributed by atoms with Gasteiger partial charge in [-0.25, -0.2) is 4.68 Å². The maximum atomic E-state index is 13.0. The summed E-state index contributed by atoms with van der Waals surface area (Å²) >= 11 is 1.42. The number of hydrogen-bond donors (Lipinski definition) is 0. The molecule has 0 spiro atoms. The summed E-state index contributed by atoms with van der Waals surface area (Å²) < 4.78 is 13.7. The molecule has 1 amide bonds. The van der Waals surface area contributed by atoms with Gasteiger partial charge in [-0.15, -0.1) is 0 Å². The highest BCUT2D eigenvalue weighted by Crippen LogP contribution is 2.35. The van der Waals surface area contributed by atoms with Crippen molar-refractivity contribution in [2.45, 2.75) is 52.7 Å². The van der Waals surface area contributed by atoms with Gasteiger partial charge in [0.25, 0.3) is 5.91 Å². The van der Waals surface area contributed by atoms with Gasteiger partial charge in [0.15, 0.2) is 5.17 Å². The van der Waals surface area contributed by atoms with E-state index < -0.39 is 0 Å². The molecule has 0 unspecified atom stereocenters. The molecule has 2 aliphatic rings. The smallest absolute Gasteiger partial charge is 0.286 e. The van der Waals surface area contributed by atoms with E-state index in [-0.39, 0.29) is 18.1 Å². The summed E-state index contributed by atoms with van der Waals surface area (Å²) in [5.41, 5.74) is 4.65. The van der Waals surface area contributed by atoms with Crippen molar-refractivity contribution in [3.05, 3.63) is 70.8 Å². The third-order valence-corrected chi connectivity index (χ3v) is 7.60. The number of para-hydroxylation sites is 1. The molecule has 8 heteroatoms. The molecule has 198 valence electrons. The van der Waals surface area contributed by atoms with Gasteiger partial charge in [0.2, 0.25) is 0 Å². The molecular formula is C30H34N4O3S. The third-order valence-electron chi connectivity index (χ3n) is 6.55. The Bertz CT molecular complexity index is 1360. The van der Waals surface area contributed by atoms with Crippen molar-refractivity contribution in [3.63, 3.8) is 0 Å². The van der Waals surface area contributed by atoms with E-state index in [0.717, 1.165) is 64.9 Å². The Kier molecular flexibility index (Phi) is 8.00. The SMILES string of the molecule is CCCCOc1ccc(-c2nn(-c3ccccc3)cc2/C=C2\SC(N3C[C@H](C)O[C@@H](C)C3)=NC2=O)cc1C. The van der Waals surface area contributed by atoms with Gasteiger partial charge in [-0.2, -0.15) is 10.1 Å². The Morgan fingerprint density at radius 3 is 2.61 bits per heavy atom. The number of aryl methyl sites for hydroxylation is 1. The number of amidine groups is 1. The quantitative estimate of drug-likeness (QED) is 0.271. The van der Waals surface area contributed by atoms with Crippen molar-refractivity contribution in [2.24, 2.45) is 4.99 Å². The largest absolute Gasteiger partial charge is 0.493 e. The average molecular weight is 531 g/mol. The van der Waals surface area contributed by atoms with Crippen molar-refractivity contribution < 1.29 is 14.3 Å². The van der Waals surface area contributed by atoms with Gasteiger partial charge in [-0.3, -0.25) is 4.79 Å². The standard InChI is InChI=1S/C30H34N4O3S/c1-5-6-14-36-26-13-12-23(15-20(26)2)28-24(19-34(32-28)25-10-8-7-9-11-25)16-27-29(35)31-30(38-27)33-17-21(3)37-22(4)18-33/h7-13,15-16,19,21-22H,5-6,14,17-18H2,1-4H3/b27-16-/t21-,22-/m0/s1. The van der Waals surface area contributed by atoms with Crippen molar-refractivity contribution in [3.8, 4) is 22.7 Å². The van der Waals surface area contributed by atoms with Gasteiger partial charge in [0, 0.05) is 30.4 Å². The van der Waals surface area contributed by atoms with Crippen LogP contribution in [0.2, 0.25) is 0 Å². The van der Waals surface area contributed by atoms with Crippen LogP contribution in [-0.2, 0) is 9.53 Å². The number of aromatic nitrogens is 2. The molecule has 3 aromatic rings. The van der Waals surface area contributed by atoms with Crippen LogP contribution in [0.15, 0.2) is 64.6 Å². The Hall–Kier alpha value is -3.36. The van der Waals surface area contributed by atoms with E-state index in [1.807, 2.05) is 73.3 Å². The number of unbranched alkanes of at least 4 members (excludes halogenated alkanes) is 1. The Labute approximate surface area is 228 Å². The molecule has 0 bridgehead atoms. The molecule has 3 heterocycles. The topological polar surface area (TPSA) is 68.9 Å². The molecule has 2 aliphatic heterocycles. The number of aliphatic imine (C=N–C) groups is 1. The second kappa shape index (κ2) is 11.6. The molecule has 0 saturated carbocycles. The number of carbonyl (C=O) groups is 1. The maximum absolute atomic E-state index is 13.0. The summed E-state index contributed by atoms with van der Waals surface area (Å²) in [4.78, 5) is 20.1. The number of carbonyl (C=O) groups excluding carboxylic acids is 1. The zero-order chi connectivity index (χ0) is 26.6. The molecule has 2 atom stereocenters. The number of morpholine rings is 1. The molecule has 0 N–H and O–H groups in total. The first-order valence-corrected chi connectivity index (χ1v) is 14.0. The summed E-state index contributed by atoms with van der Waals surface area (Å²) in [7, 11) is 0. The molecular weight excluding hydrogens is 496 g/mol. The average Bonchev–Trinajstić information content (AvgIpc) is 3.49. The summed E-state index contributed by atoms with van der Waals surface area (Å²) in [5, 5.41) is 5.68. The van der Waals surface area contributed by atoms with E-state index in [1.54, 1.807) is 0 Å². The van der Waals surface area contributed by atoms with Crippen LogP contribution in [0.4, 0.5) is 0 Å². The normalized spacial score (nSPS) is 20.7.